The van der Waals surface area contributed by atoms with Crippen LogP contribution in [0, 0.1) is 0 Å². The second-order valence-electron chi connectivity index (χ2n) is 5.50. The fourth-order valence-electron chi connectivity index (χ4n) is 2.02. The van der Waals surface area contributed by atoms with E-state index in [0.717, 1.165) is 43.6 Å². The van der Waals surface area contributed by atoms with Crippen molar-refractivity contribution in [2.24, 2.45) is 0 Å². The molecular weight excluding hydrogens is 274 g/mol. The zero-order valence-electron chi connectivity index (χ0n) is 11.7. The van der Waals surface area contributed by atoms with Crippen LogP contribution in [0.4, 0.5) is 5.69 Å². The van der Waals surface area contributed by atoms with E-state index >= 15 is 0 Å². The molecule has 3 fully saturated rings. The molecule has 3 unspecified atom stereocenters. The first kappa shape index (κ1) is 13.2. The average Bonchev–Trinajstić information content (AvgIpc) is 3.38. The van der Waals surface area contributed by atoms with Crippen molar-refractivity contribution < 1.29 is 23.7 Å². The van der Waals surface area contributed by atoms with E-state index in [0.29, 0.717) is 19.3 Å². The van der Waals surface area contributed by atoms with Gasteiger partial charge in [0.25, 0.3) is 0 Å². The van der Waals surface area contributed by atoms with E-state index in [-0.39, 0.29) is 12.2 Å². The molecule has 1 N–H and O–H groups in total. The topological polar surface area (TPSA) is 68.1 Å². The van der Waals surface area contributed by atoms with Gasteiger partial charge >= 0.3 is 0 Å². The van der Waals surface area contributed by atoms with Crippen LogP contribution in [-0.2, 0) is 14.2 Å². The van der Waals surface area contributed by atoms with Gasteiger partial charge in [-0.2, -0.15) is 0 Å². The molecule has 0 amide bonds. The summed E-state index contributed by atoms with van der Waals surface area (Å²) in [5, 5.41) is 3.38. The molecule has 6 heteroatoms. The molecule has 0 spiro atoms. The SMILES string of the molecule is c1cc(OCC2CO2)c(NCC2CO2)c(OCC2CO2)c1. The van der Waals surface area contributed by atoms with Crippen LogP contribution in [0.2, 0.25) is 0 Å². The summed E-state index contributed by atoms with van der Waals surface area (Å²) in [5.74, 6) is 1.58. The molecule has 6 nitrogen and oxygen atoms in total. The van der Waals surface area contributed by atoms with Gasteiger partial charge in [0.15, 0.2) is 0 Å². The smallest absolute Gasteiger partial charge is 0.146 e. The molecular formula is C15H19NO5. The van der Waals surface area contributed by atoms with Crippen LogP contribution in [-0.4, -0.2) is 57.9 Å². The second-order valence-corrected chi connectivity index (χ2v) is 5.50. The van der Waals surface area contributed by atoms with Gasteiger partial charge in [0.1, 0.15) is 42.6 Å². The summed E-state index contributed by atoms with van der Waals surface area (Å²) in [4.78, 5) is 0. The lowest BCUT2D eigenvalue weighted by Crippen LogP contribution is -2.13. The number of rotatable bonds is 9. The quantitative estimate of drug-likeness (QED) is 0.687. The van der Waals surface area contributed by atoms with Crippen LogP contribution >= 0.6 is 0 Å². The van der Waals surface area contributed by atoms with Crippen molar-refractivity contribution in [2.45, 2.75) is 18.3 Å². The maximum atomic E-state index is 5.84. The van der Waals surface area contributed by atoms with Gasteiger partial charge < -0.3 is 29.0 Å². The summed E-state index contributed by atoms with van der Waals surface area (Å²) in [6, 6.07) is 5.82. The third kappa shape index (κ3) is 3.78. The van der Waals surface area contributed by atoms with Gasteiger partial charge in [0, 0.05) is 6.54 Å². The highest BCUT2D eigenvalue weighted by atomic mass is 16.6. The molecule has 3 heterocycles. The van der Waals surface area contributed by atoms with Gasteiger partial charge in [-0.25, -0.2) is 0 Å². The third-order valence-electron chi connectivity index (χ3n) is 3.55. The average molecular weight is 293 g/mol. The van der Waals surface area contributed by atoms with Gasteiger partial charge in [-0.15, -0.1) is 0 Å². The molecule has 1 aromatic carbocycles. The van der Waals surface area contributed by atoms with Gasteiger partial charge in [-0.1, -0.05) is 6.07 Å². The predicted molar refractivity (Wildman–Crippen MR) is 75.1 cm³/mol. The standard InChI is InChI=1S/C15H19NO5/c1-2-13(20-8-11-6-18-11)15(16-4-10-5-17-10)14(3-1)21-9-12-7-19-12/h1-3,10-12,16H,4-9H2. The Morgan fingerprint density at radius 3 is 1.90 bits per heavy atom. The fraction of sp³-hybridized carbons (Fsp3) is 0.600. The van der Waals surface area contributed by atoms with Gasteiger partial charge in [0.2, 0.25) is 0 Å². The first-order chi connectivity index (χ1) is 10.4. The van der Waals surface area contributed by atoms with E-state index in [1.807, 2.05) is 18.2 Å². The number of benzene rings is 1. The Balaban J connectivity index is 1.45. The van der Waals surface area contributed by atoms with E-state index in [1.54, 1.807) is 0 Å². The maximum Gasteiger partial charge on any atom is 0.146 e. The van der Waals surface area contributed by atoms with Crippen LogP contribution in [0.5, 0.6) is 11.5 Å². The number of epoxide rings is 3. The van der Waals surface area contributed by atoms with Crippen molar-refractivity contribution >= 4 is 5.69 Å². The lowest BCUT2D eigenvalue weighted by molar-refractivity contribution is 0.254. The zero-order valence-corrected chi connectivity index (χ0v) is 11.7. The van der Waals surface area contributed by atoms with E-state index in [2.05, 4.69) is 5.32 Å². The van der Waals surface area contributed by atoms with E-state index in [1.165, 1.54) is 0 Å². The van der Waals surface area contributed by atoms with Gasteiger partial charge in [-0.3, -0.25) is 0 Å². The summed E-state index contributed by atoms with van der Waals surface area (Å²) in [6.07, 6.45) is 0.757. The van der Waals surface area contributed by atoms with Crippen molar-refractivity contribution in [3.8, 4) is 11.5 Å². The molecule has 0 aromatic heterocycles. The van der Waals surface area contributed by atoms with Crippen molar-refractivity contribution in [1.82, 2.24) is 0 Å². The Labute approximate surface area is 123 Å². The summed E-state index contributed by atoms with van der Waals surface area (Å²) >= 11 is 0. The molecule has 0 saturated carbocycles. The van der Waals surface area contributed by atoms with Gasteiger partial charge in [0.05, 0.1) is 25.9 Å². The normalized spacial score (nSPS) is 28.9. The number of nitrogens with one attached hydrogen (secondary N) is 1. The van der Waals surface area contributed by atoms with Crippen molar-refractivity contribution in [3.05, 3.63) is 18.2 Å². The molecule has 3 aliphatic heterocycles. The van der Waals surface area contributed by atoms with Crippen LogP contribution in [0.1, 0.15) is 0 Å². The fourth-order valence-corrected chi connectivity index (χ4v) is 2.02. The molecule has 0 aliphatic carbocycles. The number of para-hydroxylation sites is 1. The number of anilines is 1. The summed E-state index contributed by atoms with van der Waals surface area (Å²) in [7, 11) is 0. The van der Waals surface area contributed by atoms with Crippen molar-refractivity contribution in [1.29, 1.82) is 0 Å². The number of hydrogen-bond acceptors (Lipinski definition) is 6. The highest BCUT2D eigenvalue weighted by molar-refractivity contribution is 5.66. The Bertz CT molecular complexity index is 463. The Kier molecular flexibility index (Phi) is 3.58. The third-order valence-corrected chi connectivity index (χ3v) is 3.55. The predicted octanol–water partition coefficient (Wildman–Crippen LogP) is 1.05. The molecule has 0 radical (unpaired) electrons. The monoisotopic (exact) mass is 293 g/mol. The van der Waals surface area contributed by atoms with E-state index in [4.69, 9.17) is 23.7 Å². The molecule has 21 heavy (non-hydrogen) atoms. The summed E-state index contributed by atoms with van der Waals surface area (Å²) in [5.41, 5.74) is 0.884. The Hall–Kier alpha value is -1.50. The van der Waals surface area contributed by atoms with E-state index < -0.39 is 0 Å². The van der Waals surface area contributed by atoms with Gasteiger partial charge in [-0.05, 0) is 12.1 Å². The molecule has 114 valence electrons. The van der Waals surface area contributed by atoms with Crippen LogP contribution in [0.25, 0.3) is 0 Å². The first-order valence-corrected chi connectivity index (χ1v) is 7.36. The van der Waals surface area contributed by atoms with Crippen LogP contribution in [0.3, 0.4) is 0 Å². The summed E-state index contributed by atoms with van der Waals surface area (Å²) < 4.78 is 27.3. The summed E-state index contributed by atoms with van der Waals surface area (Å²) in [6.45, 7) is 4.30. The highest BCUT2D eigenvalue weighted by Crippen LogP contribution is 2.36. The first-order valence-electron chi connectivity index (χ1n) is 7.36. The lowest BCUT2D eigenvalue weighted by atomic mass is 10.2. The molecule has 0 bridgehead atoms. The maximum absolute atomic E-state index is 5.84. The molecule has 1 aromatic rings. The lowest BCUT2D eigenvalue weighted by Gasteiger charge is -2.16. The molecule has 3 atom stereocenters. The van der Waals surface area contributed by atoms with E-state index in [9.17, 15) is 0 Å². The van der Waals surface area contributed by atoms with Crippen LogP contribution < -0.4 is 14.8 Å². The van der Waals surface area contributed by atoms with Crippen molar-refractivity contribution in [3.63, 3.8) is 0 Å². The minimum absolute atomic E-state index is 0.231. The highest BCUT2D eigenvalue weighted by Gasteiger charge is 2.27. The Morgan fingerprint density at radius 1 is 0.905 bits per heavy atom. The largest absolute Gasteiger partial charge is 0.488 e. The number of ether oxygens (including phenoxy) is 5. The second kappa shape index (κ2) is 5.71. The molecule has 3 aliphatic rings. The van der Waals surface area contributed by atoms with Crippen LogP contribution in [0.15, 0.2) is 18.2 Å². The van der Waals surface area contributed by atoms with Crippen molar-refractivity contribution in [2.75, 3.05) is 44.9 Å². The molecule has 3 saturated heterocycles. The minimum atomic E-state index is 0.231. The zero-order chi connectivity index (χ0) is 14.1. The minimum Gasteiger partial charge on any atom is -0.488 e. The molecule has 4 rings (SSSR count). The Morgan fingerprint density at radius 2 is 1.43 bits per heavy atom. The number of hydrogen-bond donors (Lipinski definition) is 1.